The molecule has 1 unspecified atom stereocenters. The monoisotopic (exact) mass is 561 g/mol. The molecule has 3 aromatic heterocycles. The van der Waals surface area contributed by atoms with Crippen LogP contribution in [0.15, 0.2) is 51.0 Å². The predicted molar refractivity (Wildman–Crippen MR) is 159 cm³/mol. The van der Waals surface area contributed by atoms with Gasteiger partial charge in [-0.1, -0.05) is 17.3 Å². The van der Waals surface area contributed by atoms with Crippen LogP contribution in [0.25, 0.3) is 11.0 Å². The minimum atomic E-state index is -1.23. The Morgan fingerprint density at radius 2 is 2.03 bits per heavy atom. The largest absolute Gasteiger partial charge is 0.611 e. The highest BCUT2D eigenvalue weighted by molar-refractivity contribution is 7.94. The molecule has 2 N–H and O–H groups in total. The van der Waals surface area contributed by atoms with Crippen LogP contribution in [0, 0.1) is 12.3 Å². The van der Waals surface area contributed by atoms with E-state index < -0.39 is 11.2 Å². The number of terminal acetylenes is 1. The van der Waals surface area contributed by atoms with Crippen molar-refractivity contribution >= 4 is 50.9 Å². The van der Waals surface area contributed by atoms with Crippen LogP contribution >= 0.6 is 11.3 Å². The number of fused-ring (bicyclic) bond motifs is 1. The third-order valence-electron chi connectivity index (χ3n) is 6.89. The van der Waals surface area contributed by atoms with E-state index in [2.05, 4.69) is 55.6 Å². The van der Waals surface area contributed by atoms with Gasteiger partial charge in [-0.05, 0) is 70.1 Å². The summed E-state index contributed by atoms with van der Waals surface area (Å²) < 4.78 is 15.0. The maximum absolute atomic E-state index is 13.3. The molecule has 0 bridgehead atoms. The average Bonchev–Trinajstić information content (AvgIpc) is 3.42. The van der Waals surface area contributed by atoms with Gasteiger partial charge in [0.1, 0.15) is 16.6 Å². The second-order valence-electron chi connectivity index (χ2n) is 9.76. The van der Waals surface area contributed by atoms with E-state index in [0.717, 1.165) is 37.3 Å². The van der Waals surface area contributed by atoms with Gasteiger partial charge in [-0.2, -0.15) is 4.98 Å². The number of anilines is 3. The molecule has 5 rings (SSSR count). The first-order valence-corrected chi connectivity index (χ1v) is 15.0. The number of nitrogens with zero attached hydrogens (tertiary/aromatic N) is 5. The summed E-state index contributed by atoms with van der Waals surface area (Å²) in [7, 11) is 2.14. The maximum atomic E-state index is 13.3. The fourth-order valence-electron chi connectivity index (χ4n) is 4.67. The highest BCUT2D eigenvalue weighted by atomic mass is 32.2. The van der Waals surface area contributed by atoms with Crippen molar-refractivity contribution in [1.82, 2.24) is 24.8 Å². The Bertz CT molecular complexity index is 1550. The number of rotatable bonds is 8. The summed E-state index contributed by atoms with van der Waals surface area (Å²) >= 11 is 0.0984. The lowest BCUT2D eigenvalue weighted by Crippen LogP contribution is -2.41. The smallest absolute Gasteiger partial charge is 0.268 e. The van der Waals surface area contributed by atoms with Gasteiger partial charge in [-0.3, -0.25) is 9.36 Å². The Balaban J connectivity index is 1.44. The van der Waals surface area contributed by atoms with Crippen LogP contribution in [0.2, 0.25) is 0 Å². The second kappa shape index (κ2) is 11.8. The van der Waals surface area contributed by atoms with E-state index in [9.17, 15) is 9.35 Å². The lowest BCUT2D eigenvalue weighted by molar-refractivity contribution is 0.443. The Kier molecular flexibility index (Phi) is 8.18. The van der Waals surface area contributed by atoms with Gasteiger partial charge in [0.05, 0.1) is 17.6 Å². The number of aromatic nitrogens is 4. The lowest BCUT2D eigenvalue weighted by atomic mass is 10.0. The van der Waals surface area contributed by atoms with Crippen molar-refractivity contribution in [3.05, 3.63) is 63.7 Å². The molecule has 0 amide bonds. The standard InChI is InChI=1S/C28H31N7O2S2/c1-5-19-14-20-15-30-28(32-21-6-8-22(9-7-21)34(4)23-10-12-29-13-11-23)33-25(20)35(26(19)36)16-24-27(38-17-31-24)39(37)18(2)3/h1,6-9,14-15,17-18,23,29H,10-13,16H2,2-4H3,(H,30,32,33). The topological polar surface area (TPSA) is 111 Å². The number of hydrogen-bond acceptors (Lipinski definition) is 9. The van der Waals surface area contributed by atoms with Crippen molar-refractivity contribution in [3.8, 4) is 12.3 Å². The van der Waals surface area contributed by atoms with Gasteiger partial charge in [0.25, 0.3) is 5.56 Å². The summed E-state index contributed by atoms with van der Waals surface area (Å²) in [5.74, 6) is 2.82. The van der Waals surface area contributed by atoms with Crippen LogP contribution < -0.4 is 21.1 Å². The first kappa shape index (κ1) is 27.1. The molecule has 39 heavy (non-hydrogen) atoms. The van der Waals surface area contributed by atoms with Gasteiger partial charge in [0, 0.05) is 47.2 Å². The molecule has 1 aliphatic rings. The molecule has 1 aromatic carbocycles. The van der Waals surface area contributed by atoms with Crippen molar-refractivity contribution in [1.29, 1.82) is 0 Å². The highest BCUT2D eigenvalue weighted by Crippen LogP contribution is 2.27. The Morgan fingerprint density at radius 3 is 2.72 bits per heavy atom. The average molecular weight is 562 g/mol. The first-order chi connectivity index (χ1) is 18.9. The Labute approximate surface area is 234 Å². The number of pyridine rings is 1. The van der Waals surface area contributed by atoms with Crippen LogP contribution in [0.5, 0.6) is 0 Å². The fourth-order valence-corrected chi connectivity index (χ4v) is 7.07. The molecule has 202 valence electrons. The predicted octanol–water partition coefficient (Wildman–Crippen LogP) is 3.73. The number of benzene rings is 1. The van der Waals surface area contributed by atoms with Crippen molar-refractivity contribution < 1.29 is 4.55 Å². The van der Waals surface area contributed by atoms with Crippen LogP contribution in [0.4, 0.5) is 17.3 Å². The second-order valence-corrected chi connectivity index (χ2v) is 12.8. The summed E-state index contributed by atoms with van der Waals surface area (Å²) in [4.78, 5) is 29.2. The molecular weight excluding hydrogens is 530 g/mol. The fraction of sp³-hybridized carbons (Fsp3) is 0.357. The van der Waals surface area contributed by atoms with E-state index >= 15 is 0 Å². The van der Waals surface area contributed by atoms with Crippen molar-refractivity contribution in [2.24, 2.45) is 0 Å². The third kappa shape index (κ3) is 5.79. The van der Waals surface area contributed by atoms with Gasteiger partial charge in [0.2, 0.25) is 10.2 Å². The molecule has 1 atom stereocenters. The zero-order chi connectivity index (χ0) is 27.5. The number of thiazole rings is 1. The lowest BCUT2D eigenvalue weighted by Gasteiger charge is -2.33. The van der Waals surface area contributed by atoms with E-state index in [1.165, 1.54) is 15.9 Å². The molecule has 0 radical (unpaired) electrons. The first-order valence-electron chi connectivity index (χ1n) is 12.9. The minimum Gasteiger partial charge on any atom is -0.611 e. The zero-order valence-corrected chi connectivity index (χ0v) is 23.8. The molecule has 4 aromatic rings. The van der Waals surface area contributed by atoms with Crippen molar-refractivity contribution in [2.75, 3.05) is 30.4 Å². The van der Waals surface area contributed by atoms with Crippen molar-refractivity contribution in [3.63, 3.8) is 0 Å². The highest BCUT2D eigenvalue weighted by Gasteiger charge is 2.24. The molecule has 11 heteroatoms. The molecule has 0 spiro atoms. The normalized spacial score (nSPS) is 14.9. The molecule has 1 saturated heterocycles. The van der Waals surface area contributed by atoms with E-state index in [-0.39, 0.29) is 22.9 Å². The third-order valence-corrected chi connectivity index (χ3v) is 9.79. The van der Waals surface area contributed by atoms with E-state index in [0.29, 0.717) is 32.9 Å². The summed E-state index contributed by atoms with van der Waals surface area (Å²) in [5.41, 5.74) is 4.49. The van der Waals surface area contributed by atoms with Gasteiger partial charge in [-0.15, -0.1) is 6.42 Å². The van der Waals surface area contributed by atoms with Crippen LogP contribution in [-0.2, 0) is 17.7 Å². The van der Waals surface area contributed by atoms with Gasteiger partial charge in [0.15, 0.2) is 0 Å². The number of nitrogens with one attached hydrogen (secondary N) is 2. The summed E-state index contributed by atoms with van der Waals surface area (Å²) in [6, 6.07) is 10.3. The van der Waals surface area contributed by atoms with E-state index in [4.69, 9.17) is 6.42 Å². The molecule has 1 fully saturated rings. The van der Waals surface area contributed by atoms with Gasteiger partial charge < -0.3 is 20.1 Å². The quantitative estimate of drug-likeness (QED) is 0.247. The molecule has 1 aliphatic heterocycles. The maximum Gasteiger partial charge on any atom is 0.268 e. The molecule has 0 aliphatic carbocycles. The summed E-state index contributed by atoms with van der Waals surface area (Å²) in [6.45, 7) is 5.98. The van der Waals surface area contributed by atoms with Gasteiger partial charge >= 0.3 is 0 Å². The van der Waals surface area contributed by atoms with Gasteiger partial charge in [-0.25, -0.2) is 9.97 Å². The summed E-state index contributed by atoms with van der Waals surface area (Å²) in [5, 5.41) is 7.22. The van der Waals surface area contributed by atoms with Crippen molar-refractivity contribution in [2.45, 2.75) is 48.7 Å². The summed E-state index contributed by atoms with van der Waals surface area (Å²) in [6.07, 6.45) is 9.53. The minimum absolute atomic E-state index is 0.0707. The molecule has 4 heterocycles. The number of piperidine rings is 1. The Morgan fingerprint density at radius 1 is 1.28 bits per heavy atom. The molecular formula is C28H31N7O2S2. The van der Waals surface area contributed by atoms with E-state index in [1.54, 1.807) is 17.8 Å². The molecule has 9 nitrogen and oxygen atoms in total. The number of hydrogen-bond donors (Lipinski definition) is 2. The Hall–Kier alpha value is -3.43. The zero-order valence-electron chi connectivity index (χ0n) is 22.2. The SMILES string of the molecule is C#Cc1cc2cnc(Nc3ccc(N(C)C4CCNCC4)cc3)nc2n(Cc2ncsc2[S+]([O-])C(C)C)c1=O. The van der Waals surface area contributed by atoms with E-state index in [1.807, 2.05) is 26.0 Å². The van der Waals surface area contributed by atoms with Crippen LogP contribution in [0.3, 0.4) is 0 Å². The van der Waals surface area contributed by atoms with Crippen LogP contribution in [-0.4, -0.2) is 55.5 Å². The molecule has 0 saturated carbocycles. The van der Waals surface area contributed by atoms with Crippen LogP contribution in [0.1, 0.15) is 37.9 Å².